The zero-order valence-electron chi connectivity index (χ0n) is 8.29. The Kier molecular flexibility index (Phi) is 3.63. The lowest BCUT2D eigenvalue weighted by molar-refractivity contribution is 0.342. The van der Waals surface area contributed by atoms with Crippen LogP contribution in [0.1, 0.15) is 19.8 Å². The predicted octanol–water partition coefficient (Wildman–Crippen LogP) is 1.40. The van der Waals surface area contributed by atoms with Crippen LogP contribution in [0.25, 0.3) is 0 Å². The summed E-state index contributed by atoms with van der Waals surface area (Å²) >= 11 is 0. The Morgan fingerprint density at radius 3 is 2.54 bits per heavy atom. The van der Waals surface area contributed by atoms with E-state index in [1.54, 1.807) is 0 Å². The molecule has 1 saturated heterocycles. The zero-order valence-corrected chi connectivity index (χ0v) is 8.29. The van der Waals surface area contributed by atoms with Crippen molar-refractivity contribution in [1.82, 2.24) is 9.80 Å². The second kappa shape index (κ2) is 4.76. The van der Waals surface area contributed by atoms with Crippen LogP contribution in [0.5, 0.6) is 0 Å². The minimum Gasteiger partial charge on any atom is -0.357 e. The molecule has 0 N–H and O–H groups in total. The van der Waals surface area contributed by atoms with Gasteiger partial charge in [-0.1, -0.05) is 13.5 Å². The van der Waals surface area contributed by atoms with Gasteiger partial charge in [-0.05, 0) is 6.42 Å². The van der Waals surface area contributed by atoms with Gasteiger partial charge in [0.25, 0.3) is 0 Å². The molecule has 0 aromatic heterocycles. The van der Waals surface area contributed by atoms with Gasteiger partial charge < -0.3 is 9.80 Å². The number of rotatable bonds is 4. The molecule has 13 heavy (non-hydrogen) atoms. The molecule has 0 amide bonds. The van der Waals surface area contributed by atoms with Crippen molar-refractivity contribution in [2.24, 2.45) is 0 Å². The Hall–Kier alpha value is -1.17. The maximum Gasteiger partial charge on any atom is 0.0966 e. The van der Waals surface area contributed by atoms with Gasteiger partial charge in [-0.25, -0.2) is 0 Å². The van der Waals surface area contributed by atoms with Crippen LogP contribution in [0, 0.1) is 11.3 Å². The fourth-order valence-electron chi connectivity index (χ4n) is 1.64. The van der Waals surface area contributed by atoms with E-state index in [1.165, 1.54) is 0 Å². The van der Waals surface area contributed by atoms with Crippen molar-refractivity contribution in [1.29, 1.82) is 5.26 Å². The normalized spacial score (nSPS) is 16.5. The molecule has 0 atom stereocenters. The lowest BCUT2D eigenvalue weighted by Gasteiger charge is -2.22. The maximum atomic E-state index is 8.46. The first-order valence-corrected chi connectivity index (χ1v) is 4.85. The summed E-state index contributed by atoms with van der Waals surface area (Å²) in [5.74, 6) is 1.09. The molecule has 1 heterocycles. The molecule has 0 saturated carbocycles. The number of nitriles is 1. The second-order valence-corrected chi connectivity index (χ2v) is 3.30. The third kappa shape index (κ3) is 2.38. The summed E-state index contributed by atoms with van der Waals surface area (Å²) in [5.41, 5.74) is 0. The predicted molar refractivity (Wildman–Crippen MR) is 52.8 cm³/mol. The van der Waals surface area contributed by atoms with Gasteiger partial charge in [0, 0.05) is 26.2 Å². The van der Waals surface area contributed by atoms with E-state index >= 15 is 0 Å². The topological polar surface area (TPSA) is 30.3 Å². The minimum atomic E-state index is 0.596. The van der Waals surface area contributed by atoms with Gasteiger partial charge in [-0.3, -0.25) is 0 Å². The highest BCUT2D eigenvalue weighted by Gasteiger charge is 2.20. The molecule has 3 nitrogen and oxygen atoms in total. The number of hydrogen-bond acceptors (Lipinski definition) is 3. The minimum absolute atomic E-state index is 0.596. The summed E-state index contributed by atoms with van der Waals surface area (Å²) < 4.78 is 0. The van der Waals surface area contributed by atoms with Crippen LogP contribution in [-0.2, 0) is 0 Å². The second-order valence-electron chi connectivity index (χ2n) is 3.30. The third-order valence-electron chi connectivity index (χ3n) is 2.36. The van der Waals surface area contributed by atoms with Crippen LogP contribution in [0.3, 0.4) is 0 Å². The molecule has 1 aliphatic heterocycles. The van der Waals surface area contributed by atoms with Gasteiger partial charge in [0.05, 0.1) is 18.3 Å². The summed E-state index contributed by atoms with van der Waals surface area (Å²) in [7, 11) is 0. The lowest BCUT2D eigenvalue weighted by atomic mass is 10.4. The molecule has 0 aliphatic carbocycles. The van der Waals surface area contributed by atoms with Gasteiger partial charge in [0.15, 0.2) is 0 Å². The SMILES string of the molecule is C=C1N(CCC)CCN1CCC#N. The van der Waals surface area contributed by atoms with Crippen LogP contribution in [0.15, 0.2) is 12.4 Å². The fraction of sp³-hybridized carbons (Fsp3) is 0.700. The molecule has 1 rings (SSSR count). The van der Waals surface area contributed by atoms with Crippen LogP contribution < -0.4 is 0 Å². The van der Waals surface area contributed by atoms with Crippen LogP contribution in [0.2, 0.25) is 0 Å². The molecule has 3 heteroatoms. The molecule has 0 aromatic rings. The first-order chi connectivity index (χ1) is 6.29. The Bertz CT molecular complexity index is 217. The molecule has 0 radical (unpaired) electrons. The first kappa shape index (κ1) is 9.91. The first-order valence-electron chi connectivity index (χ1n) is 4.85. The monoisotopic (exact) mass is 179 g/mol. The maximum absolute atomic E-state index is 8.46. The average molecular weight is 179 g/mol. The van der Waals surface area contributed by atoms with Gasteiger partial charge in [-0.15, -0.1) is 0 Å². The molecule has 0 spiro atoms. The van der Waals surface area contributed by atoms with Crippen molar-refractivity contribution in [3.63, 3.8) is 0 Å². The van der Waals surface area contributed by atoms with E-state index in [1.807, 2.05) is 0 Å². The van der Waals surface area contributed by atoms with Crippen LogP contribution in [-0.4, -0.2) is 36.0 Å². The van der Waals surface area contributed by atoms with E-state index in [2.05, 4.69) is 29.4 Å². The average Bonchev–Trinajstić information content (AvgIpc) is 2.46. The highest BCUT2D eigenvalue weighted by molar-refractivity contribution is 5.00. The molecular weight excluding hydrogens is 162 g/mol. The smallest absolute Gasteiger partial charge is 0.0966 e. The van der Waals surface area contributed by atoms with Gasteiger partial charge in [0.2, 0.25) is 0 Å². The van der Waals surface area contributed by atoms with Crippen molar-refractivity contribution in [2.45, 2.75) is 19.8 Å². The van der Waals surface area contributed by atoms with Crippen molar-refractivity contribution >= 4 is 0 Å². The summed E-state index contributed by atoms with van der Waals surface area (Å²) in [6.07, 6.45) is 1.75. The van der Waals surface area contributed by atoms with E-state index in [0.717, 1.165) is 38.4 Å². The standard InChI is InChI=1S/C10H17N3/c1-3-6-12-8-9-13(10(12)2)7-4-5-11/h2-4,6-9H2,1H3. The molecule has 72 valence electrons. The highest BCUT2D eigenvalue weighted by Crippen LogP contribution is 2.16. The molecule has 0 bridgehead atoms. The Morgan fingerprint density at radius 2 is 2.00 bits per heavy atom. The Morgan fingerprint density at radius 1 is 1.38 bits per heavy atom. The van der Waals surface area contributed by atoms with Crippen molar-refractivity contribution < 1.29 is 0 Å². The van der Waals surface area contributed by atoms with Crippen LogP contribution in [0.4, 0.5) is 0 Å². The summed E-state index contributed by atoms with van der Waals surface area (Å²) in [6.45, 7) is 10.2. The zero-order chi connectivity index (χ0) is 9.68. The Labute approximate surface area is 80.2 Å². The third-order valence-corrected chi connectivity index (χ3v) is 2.36. The van der Waals surface area contributed by atoms with E-state index in [-0.39, 0.29) is 0 Å². The van der Waals surface area contributed by atoms with E-state index in [0.29, 0.717) is 6.42 Å². The van der Waals surface area contributed by atoms with Crippen molar-refractivity contribution in [3.8, 4) is 6.07 Å². The van der Waals surface area contributed by atoms with Crippen molar-refractivity contribution in [3.05, 3.63) is 12.4 Å². The molecule has 1 fully saturated rings. The summed E-state index contributed by atoms with van der Waals surface area (Å²) in [4.78, 5) is 4.48. The molecule has 0 aromatic carbocycles. The largest absolute Gasteiger partial charge is 0.357 e. The molecule has 1 aliphatic rings. The Balaban J connectivity index is 2.37. The van der Waals surface area contributed by atoms with Gasteiger partial charge in [0.1, 0.15) is 0 Å². The number of hydrogen-bond donors (Lipinski definition) is 0. The molecular formula is C10H17N3. The summed E-state index contributed by atoms with van der Waals surface area (Å²) in [5, 5.41) is 8.46. The summed E-state index contributed by atoms with van der Waals surface area (Å²) in [6, 6.07) is 2.16. The van der Waals surface area contributed by atoms with Gasteiger partial charge in [-0.2, -0.15) is 5.26 Å². The van der Waals surface area contributed by atoms with Gasteiger partial charge >= 0.3 is 0 Å². The van der Waals surface area contributed by atoms with Crippen molar-refractivity contribution in [2.75, 3.05) is 26.2 Å². The fourth-order valence-corrected chi connectivity index (χ4v) is 1.64. The highest BCUT2D eigenvalue weighted by atomic mass is 15.4. The lowest BCUT2D eigenvalue weighted by Crippen LogP contribution is -2.23. The van der Waals surface area contributed by atoms with E-state index in [4.69, 9.17) is 5.26 Å². The van der Waals surface area contributed by atoms with Crippen LogP contribution >= 0.6 is 0 Å². The quantitative estimate of drug-likeness (QED) is 0.653. The van der Waals surface area contributed by atoms with E-state index < -0.39 is 0 Å². The number of nitrogens with zero attached hydrogens (tertiary/aromatic N) is 3. The van der Waals surface area contributed by atoms with E-state index in [9.17, 15) is 0 Å². The molecule has 0 unspecified atom stereocenters.